The van der Waals surface area contributed by atoms with Gasteiger partial charge < -0.3 is 20.7 Å². The van der Waals surface area contributed by atoms with Crippen LogP contribution >= 0.6 is 0 Å². The number of ether oxygens (including phenoxy) is 1. The minimum atomic E-state index is -0.541. The number of nitrogens with two attached hydrogens (primary N) is 1. The van der Waals surface area contributed by atoms with Gasteiger partial charge in [-0.25, -0.2) is 0 Å². The highest BCUT2D eigenvalue weighted by atomic mass is 16.5. The third-order valence-corrected chi connectivity index (χ3v) is 3.35. The average Bonchev–Trinajstić information content (AvgIpc) is 2.95. The first-order valence-corrected chi connectivity index (χ1v) is 6.79. The predicted octanol–water partition coefficient (Wildman–Crippen LogP) is -0.525. The Morgan fingerprint density at radius 2 is 2.48 bits per heavy atom. The summed E-state index contributed by atoms with van der Waals surface area (Å²) in [6.45, 7) is 3.97. The molecule has 1 unspecified atom stereocenters. The zero-order valence-electron chi connectivity index (χ0n) is 11.7. The lowest BCUT2D eigenvalue weighted by Gasteiger charge is -2.34. The summed E-state index contributed by atoms with van der Waals surface area (Å²) in [7, 11) is 0. The van der Waals surface area contributed by atoms with Gasteiger partial charge in [0.2, 0.25) is 11.9 Å². The molecule has 9 heteroatoms. The summed E-state index contributed by atoms with van der Waals surface area (Å²) < 4.78 is 5.34. The molecule has 3 rings (SSSR count). The number of anilines is 2. The minimum Gasteiger partial charge on any atom is -0.377 e. The van der Waals surface area contributed by atoms with Gasteiger partial charge in [-0.2, -0.15) is 15.1 Å². The Balaban J connectivity index is 2.08. The van der Waals surface area contributed by atoms with Crippen LogP contribution in [-0.2, 0) is 9.53 Å². The Morgan fingerprint density at radius 3 is 3.24 bits per heavy atom. The largest absolute Gasteiger partial charge is 0.377 e. The molecule has 1 aliphatic heterocycles. The van der Waals surface area contributed by atoms with Crippen molar-refractivity contribution in [1.29, 1.82) is 0 Å². The molecule has 0 spiro atoms. The molecule has 0 bridgehead atoms. The lowest BCUT2D eigenvalue weighted by atomic mass is 10.2. The van der Waals surface area contributed by atoms with Crippen LogP contribution in [0, 0.1) is 0 Å². The van der Waals surface area contributed by atoms with Gasteiger partial charge in [-0.05, 0) is 6.92 Å². The molecule has 0 aromatic carbocycles. The van der Waals surface area contributed by atoms with Gasteiger partial charge >= 0.3 is 0 Å². The Kier molecular flexibility index (Phi) is 3.57. The first kappa shape index (κ1) is 13.6. The van der Waals surface area contributed by atoms with Gasteiger partial charge in [-0.15, -0.1) is 0 Å². The number of aromatic nitrogens is 4. The number of morpholine rings is 1. The first-order chi connectivity index (χ1) is 10.2. The molecule has 0 aliphatic carbocycles. The number of hydrogen-bond donors (Lipinski definition) is 3. The van der Waals surface area contributed by atoms with Crippen molar-refractivity contribution in [2.45, 2.75) is 13.0 Å². The van der Waals surface area contributed by atoms with Crippen molar-refractivity contribution < 1.29 is 9.53 Å². The second-order valence-corrected chi connectivity index (χ2v) is 4.72. The molecule has 1 saturated heterocycles. The third kappa shape index (κ3) is 2.47. The molecule has 1 aliphatic rings. The van der Waals surface area contributed by atoms with Crippen LogP contribution in [0.15, 0.2) is 6.20 Å². The second-order valence-electron chi connectivity index (χ2n) is 4.72. The summed E-state index contributed by atoms with van der Waals surface area (Å²) in [6, 6.07) is -0.541. The van der Waals surface area contributed by atoms with Gasteiger partial charge in [0.25, 0.3) is 0 Å². The van der Waals surface area contributed by atoms with Crippen LogP contribution in [0.2, 0.25) is 0 Å². The van der Waals surface area contributed by atoms with Crippen LogP contribution in [0.1, 0.15) is 6.92 Å². The van der Waals surface area contributed by atoms with Crippen LogP contribution in [0.3, 0.4) is 0 Å². The molecule has 112 valence electrons. The molecule has 21 heavy (non-hydrogen) atoms. The fraction of sp³-hybridized carbons (Fsp3) is 0.500. The van der Waals surface area contributed by atoms with E-state index in [9.17, 15) is 4.79 Å². The Bertz CT molecular complexity index is 656. The van der Waals surface area contributed by atoms with Gasteiger partial charge in [-0.3, -0.25) is 9.89 Å². The Labute approximate surface area is 120 Å². The number of H-pyrrole nitrogens is 1. The van der Waals surface area contributed by atoms with E-state index in [1.807, 2.05) is 11.8 Å². The molecule has 0 radical (unpaired) electrons. The minimum absolute atomic E-state index is 0.259. The van der Waals surface area contributed by atoms with Crippen LogP contribution < -0.4 is 16.0 Å². The van der Waals surface area contributed by atoms with Crippen molar-refractivity contribution in [3.05, 3.63) is 6.20 Å². The molecule has 4 N–H and O–H groups in total. The number of nitrogens with one attached hydrogen (secondary N) is 2. The van der Waals surface area contributed by atoms with Gasteiger partial charge in [-0.1, -0.05) is 0 Å². The van der Waals surface area contributed by atoms with E-state index >= 15 is 0 Å². The fourth-order valence-corrected chi connectivity index (χ4v) is 2.37. The van der Waals surface area contributed by atoms with Gasteiger partial charge in [0, 0.05) is 13.1 Å². The van der Waals surface area contributed by atoms with Gasteiger partial charge in [0.05, 0.1) is 24.8 Å². The molecular formula is C12H17N7O2. The van der Waals surface area contributed by atoms with E-state index in [0.717, 1.165) is 5.39 Å². The van der Waals surface area contributed by atoms with Crippen molar-refractivity contribution in [2.24, 2.45) is 5.73 Å². The first-order valence-electron chi connectivity index (χ1n) is 6.79. The van der Waals surface area contributed by atoms with E-state index in [1.165, 1.54) is 0 Å². The quantitative estimate of drug-likeness (QED) is 0.692. The van der Waals surface area contributed by atoms with E-state index in [1.54, 1.807) is 6.20 Å². The molecule has 0 saturated carbocycles. The molecule has 1 amide bonds. The van der Waals surface area contributed by atoms with Crippen molar-refractivity contribution in [3.8, 4) is 0 Å². The van der Waals surface area contributed by atoms with Gasteiger partial charge in [0.1, 0.15) is 11.9 Å². The standard InChI is InChI=1S/C12H17N7O2/c1-2-14-12-16-10-7(5-15-18-10)11(17-12)19-3-4-21-6-8(19)9(13)20/h5,8H,2-4,6H2,1H3,(H2,13,20)(H2,14,15,16,17,18). The zero-order valence-corrected chi connectivity index (χ0v) is 11.7. The second kappa shape index (κ2) is 5.52. The van der Waals surface area contributed by atoms with Gasteiger partial charge in [0.15, 0.2) is 5.65 Å². The summed E-state index contributed by atoms with van der Waals surface area (Å²) in [4.78, 5) is 22.3. The van der Waals surface area contributed by atoms with E-state index in [4.69, 9.17) is 10.5 Å². The van der Waals surface area contributed by atoms with E-state index in [2.05, 4.69) is 25.5 Å². The van der Waals surface area contributed by atoms with Crippen LogP contribution in [0.25, 0.3) is 11.0 Å². The zero-order chi connectivity index (χ0) is 14.8. The summed E-state index contributed by atoms with van der Waals surface area (Å²) in [6.07, 6.45) is 1.65. The molecule has 2 aromatic heterocycles. The van der Waals surface area contributed by atoms with Crippen LogP contribution in [-0.4, -0.2) is 58.4 Å². The summed E-state index contributed by atoms with van der Waals surface area (Å²) in [5, 5.41) is 10.6. The normalized spacial score (nSPS) is 18.9. The smallest absolute Gasteiger partial charge is 0.242 e. The highest BCUT2D eigenvalue weighted by Gasteiger charge is 2.30. The monoisotopic (exact) mass is 291 g/mol. The van der Waals surface area contributed by atoms with Crippen molar-refractivity contribution in [2.75, 3.05) is 36.5 Å². The molecular weight excluding hydrogens is 274 g/mol. The maximum atomic E-state index is 11.6. The van der Waals surface area contributed by atoms with Crippen LogP contribution in [0.4, 0.5) is 11.8 Å². The molecule has 3 heterocycles. The highest BCUT2D eigenvalue weighted by molar-refractivity contribution is 5.91. The lowest BCUT2D eigenvalue weighted by Crippen LogP contribution is -2.53. The molecule has 1 atom stereocenters. The molecule has 1 fully saturated rings. The third-order valence-electron chi connectivity index (χ3n) is 3.35. The summed E-state index contributed by atoms with van der Waals surface area (Å²) in [5.74, 6) is 0.686. The number of amides is 1. The number of hydrogen-bond acceptors (Lipinski definition) is 7. The average molecular weight is 291 g/mol. The Hall–Kier alpha value is -2.42. The topological polar surface area (TPSA) is 122 Å². The number of nitrogens with zero attached hydrogens (tertiary/aromatic N) is 4. The highest BCUT2D eigenvalue weighted by Crippen LogP contribution is 2.26. The summed E-state index contributed by atoms with van der Waals surface area (Å²) >= 11 is 0. The van der Waals surface area contributed by atoms with E-state index in [0.29, 0.717) is 37.1 Å². The molecule has 9 nitrogen and oxygen atoms in total. The summed E-state index contributed by atoms with van der Waals surface area (Å²) in [5.41, 5.74) is 6.08. The Morgan fingerprint density at radius 1 is 1.62 bits per heavy atom. The van der Waals surface area contributed by atoms with Crippen molar-refractivity contribution in [1.82, 2.24) is 20.2 Å². The number of fused-ring (bicyclic) bond motifs is 1. The fourth-order valence-electron chi connectivity index (χ4n) is 2.37. The SMILES string of the molecule is CCNc1nc(N2CCOCC2C(N)=O)c2cn[nH]c2n1. The number of carbonyl (C=O) groups is 1. The lowest BCUT2D eigenvalue weighted by molar-refractivity contribution is -0.121. The number of aromatic amines is 1. The van der Waals surface area contributed by atoms with E-state index in [-0.39, 0.29) is 6.61 Å². The number of carbonyl (C=O) groups excluding carboxylic acids is 1. The number of rotatable bonds is 4. The molecule has 2 aromatic rings. The number of primary amides is 1. The van der Waals surface area contributed by atoms with Crippen molar-refractivity contribution >= 4 is 28.7 Å². The predicted molar refractivity (Wildman–Crippen MR) is 77.0 cm³/mol. The van der Waals surface area contributed by atoms with E-state index < -0.39 is 11.9 Å². The maximum Gasteiger partial charge on any atom is 0.242 e. The van der Waals surface area contributed by atoms with Crippen LogP contribution in [0.5, 0.6) is 0 Å². The van der Waals surface area contributed by atoms with Crippen molar-refractivity contribution in [3.63, 3.8) is 0 Å². The maximum absolute atomic E-state index is 11.6.